The zero-order valence-corrected chi connectivity index (χ0v) is 10.9. The topological polar surface area (TPSA) is 49.3 Å². The Morgan fingerprint density at radius 3 is 2.12 bits per heavy atom. The lowest BCUT2D eigenvalue weighted by molar-refractivity contribution is 0.192. The van der Waals surface area contributed by atoms with E-state index in [4.69, 9.17) is 16.7 Å². The number of rotatable bonds is 10. The fraction of sp³-hybridized carbons (Fsp3) is 0.917. The first-order valence-corrected chi connectivity index (χ1v) is 6.74. The first-order valence-electron chi connectivity index (χ1n) is 6.30. The molecule has 96 valence electrons. The summed E-state index contributed by atoms with van der Waals surface area (Å²) >= 11 is 5.77. The molecule has 0 fully saturated rings. The summed E-state index contributed by atoms with van der Waals surface area (Å²) in [6.45, 7) is 2.22. The van der Waals surface area contributed by atoms with Gasteiger partial charge >= 0.3 is 6.09 Å². The molecular weight excluding hydrogens is 226 g/mol. The van der Waals surface area contributed by atoms with E-state index in [1.165, 1.54) is 38.5 Å². The predicted molar refractivity (Wildman–Crippen MR) is 68.0 cm³/mol. The Labute approximate surface area is 104 Å². The molecular formula is C12H24ClNO2. The maximum Gasteiger partial charge on any atom is 0.405 e. The molecule has 0 aliphatic rings. The Bertz CT molecular complexity index is 176. The van der Waals surface area contributed by atoms with Gasteiger partial charge in [0.2, 0.25) is 0 Å². The lowest BCUT2D eigenvalue weighted by atomic mass is 10.1. The second-order valence-electron chi connectivity index (χ2n) is 4.18. The molecule has 4 heteroatoms. The smallest absolute Gasteiger partial charge is 0.405 e. The van der Waals surface area contributed by atoms with Gasteiger partial charge in [-0.15, -0.1) is 0 Å². The number of amides is 1. The van der Waals surface area contributed by atoms with Gasteiger partial charge in [-0.1, -0.05) is 69.9 Å². The summed E-state index contributed by atoms with van der Waals surface area (Å²) < 4.78 is 0. The van der Waals surface area contributed by atoms with Crippen LogP contribution in [0.2, 0.25) is 0 Å². The highest BCUT2D eigenvalue weighted by Crippen LogP contribution is 2.11. The van der Waals surface area contributed by atoms with Crippen LogP contribution in [-0.4, -0.2) is 16.7 Å². The zero-order valence-electron chi connectivity index (χ0n) is 10.2. The van der Waals surface area contributed by atoms with Crippen LogP contribution in [-0.2, 0) is 0 Å². The van der Waals surface area contributed by atoms with Crippen molar-refractivity contribution in [2.24, 2.45) is 0 Å². The van der Waals surface area contributed by atoms with E-state index >= 15 is 0 Å². The van der Waals surface area contributed by atoms with Crippen molar-refractivity contribution >= 4 is 17.7 Å². The van der Waals surface area contributed by atoms with Gasteiger partial charge in [0.15, 0.2) is 0 Å². The van der Waals surface area contributed by atoms with Crippen LogP contribution in [0.3, 0.4) is 0 Å². The van der Waals surface area contributed by atoms with E-state index in [0.29, 0.717) is 0 Å². The average Bonchev–Trinajstić information content (AvgIpc) is 2.21. The standard InChI is InChI=1S/C12H24ClNO2/c1-2-3-4-5-6-7-8-9-10-11(13)14-12(15)16/h11,14H,2-10H2,1H3,(H,15,16). The molecule has 0 saturated carbocycles. The fourth-order valence-corrected chi connectivity index (χ4v) is 1.91. The summed E-state index contributed by atoms with van der Waals surface area (Å²) in [7, 11) is 0. The number of carboxylic acid groups (broad SMARTS) is 1. The summed E-state index contributed by atoms with van der Waals surface area (Å²) in [6, 6.07) is 0. The first kappa shape index (κ1) is 15.6. The number of hydrogen-bond acceptors (Lipinski definition) is 1. The molecule has 1 unspecified atom stereocenters. The Hall–Kier alpha value is -0.440. The van der Waals surface area contributed by atoms with E-state index in [1.807, 2.05) is 0 Å². The van der Waals surface area contributed by atoms with E-state index in [9.17, 15) is 4.79 Å². The molecule has 0 aromatic heterocycles. The van der Waals surface area contributed by atoms with Crippen molar-refractivity contribution in [2.75, 3.05) is 0 Å². The monoisotopic (exact) mass is 249 g/mol. The van der Waals surface area contributed by atoms with Gasteiger partial charge in [-0.2, -0.15) is 0 Å². The van der Waals surface area contributed by atoms with E-state index in [-0.39, 0.29) is 0 Å². The van der Waals surface area contributed by atoms with Crippen LogP contribution in [0.15, 0.2) is 0 Å². The molecule has 1 amide bonds. The third-order valence-corrected chi connectivity index (χ3v) is 2.92. The van der Waals surface area contributed by atoms with Crippen molar-refractivity contribution in [3.63, 3.8) is 0 Å². The van der Waals surface area contributed by atoms with Gasteiger partial charge in [-0.3, -0.25) is 0 Å². The number of unbranched alkanes of at least 4 members (excludes halogenated alkanes) is 7. The maximum atomic E-state index is 10.2. The highest BCUT2D eigenvalue weighted by molar-refractivity contribution is 6.21. The lowest BCUT2D eigenvalue weighted by Gasteiger charge is -2.08. The number of halogens is 1. The molecule has 16 heavy (non-hydrogen) atoms. The zero-order chi connectivity index (χ0) is 12.2. The molecule has 2 N–H and O–H groups in total. The molecule has 0 aromatic rings. The summed E-state index contributed by atoms with van der Waals surface area (Å²) in [4.78, 5) is 10.2. The molecule has 0 heterocycles. The average molecular weight is 250 g/mol. The maximum absolute atomic E-state index is 10.2. The molecule has 0 rings (SSSR count). The van der Waals surface area contributed by atoms with Gasteiger partial charge in [0.1, 0.15) is 5.50 Å². The van der Waals surface area contributed by atoms with Gasteiger partial charge < -0.3 is 10.4 Å². The molecule has 0 radical (unpaired) electrons. The number of hydrogen-bond donors (Lipinski definition) is 2. The molecule has 0 saturated heterocycles. The van der Waals surface area contributed by atoms with Gasteiger partial charge in [-0.25, -0.2) is 4.79 Å². The molecule has 0 spiro atoms. The highest BCUT2D eigenvalue weighted by Gasteiger charge is 2.05. The van der Waals surface area contributed by atoms with Crippen molar-refractivity contribution in [3.8, 4) is 0 Å². The Balaban J connectivity index is 3.11. The molecule has 0 bridgehead atoms. The summed E-state index contributed by atoms with van der Waals surface area (Å²) in [5, 5.41) is 10.7. The van der Waals surface area contributed by atoms with Crippen LogP contribution in [0.1, 0.15) is 64.7 Å². The van der Waals surface area contributed by atoms with Crippen molar-refractivity contribution in [1.29, 1.82) is 0 Å². The Morgan fingerprint density at radius 2 is 1.62 bits per heavy atom. The van der Waals surface area contributed by atoms with Crippen molar-refractivity contribution in [1.82, 2.24) is 5.32 Å². The van der Waals surface area contributed by atoms with Crippen molar-refractivity contribution in [3.05, 3.63) is 0 Å². The first-order chi connectivity index (χ1) is 7.66. The minimum atomic E-state index is -1.04. The summed E-state index contributed by atoms with van der Waals surface area (Å²) in [5.41, 5.74) is -0.433. The van der Waals surface area contributed by atoms with E-state index in [1.54, 1.807) is 0 Å². The number of carbonyl (C=O) groups is 1. The third kappa shape index (κ3) is 11.6. The number of alkyl halides is 1. The molecule has 0 aliphatic heterocycles. The minimum absolute atomic E-state index is 0.433. The predicted octanol–water partition coefficient (Wildman–Crippen LogP) is 4.35. The minimum Gasteiger partial charge on any atom is -0.465 e. The second-order valence-corrected chi connectivity index (χ2v) is 4.71. The van der Waals surface area contributed by atoms with E-state index < -0.39 is 11.6 Å². The van der Waals surface area contributed by atoms with Crippen LogP contribution in [0.4, 0.5) is 4.79 Å². The van der Waals surface area contributed by atoms with Gasteiger partial charge in [-0.05, 0) is 6.42 Å². The normalized spacial score (nSPS) is 12.4. The molecule has 0 aromatic carbocycles. The van der Waals surface area contributed by atoms with Crippen LogP contribution in [0.5, 0.6) is 0 Å². The quantitative estimate of drug-likeness (QED) is 0.344. The van der Waals surface area contributed by atoms with Crippen LogP contribution >= 0.6 is 11.6 Å². The van der Waals surface area contributed by atoms with E-state index in [2.05, 4.69) is 12.2 Å². The lowest BCUT2D eigenvalue weighted by Crippen LogP contribution is -2.28. The van der Waals surface area contributed by atoms with E-state index in [0.717, 1.165) is 19.3 Å². The van der Waals surface area contributed by atoms with Crippen LogP contribution in [0, 0.1) is 0 Å². The van der Waals surface area contributed by atoms with Crippen LogP contribution in [0.25, 0.3) is 0 Å². The van der Waals surface area contributed by atoms with Crippen molar-refractivity contribution in [2.45, 2.75) is 70.2 Å². The molecule has 3 nitrogen and oxygen atoms in total. The van der Waals surface area contributed by atoms with Crippen molar-refractivity contribution < 1.29 is 9.90 Å². The number of nitrogens with one attached hydrogen (secondary N) is 1. The van der Waals surface area contributed by atoms with Gasteiger partial charge in [0.25, 0.3) is 0 Å². The van der Waals surface area contributed by atoms with Crippen LogP contribution < -0.4 is 5.32 Å². The summed E-state index contributed by atoms with van der Waals surface area (Å²) in [6.07, 6.45) is 9.66. The summed E-state index contributed by atoms with van der Waals surface area (Å²) in [5.74, 6) is 0. The Morgan fingerprint density at radius 1 is 1.12 bits per heavy atom. The third-order valence-electron chi connectivity index (χ3n) is 2.59. The largest absolute Gasteiger partial charge is 0.465 e. The second kappa shape index (κ2) is 11.1. The SMILES string of the molecule is CCCCCCCCCCC(Cl)NC(=O)O. The molecule has 0 aliphatic carbocycles. The fourth-order valence-electron chi connectivity index (χ4n) is 1.66. The van der Waals surface area contributed by atoms with Gasteiger partial charge in [0, 0.05) is 0 Å². The highest BCUT2D eigenvalue weighted by atomic mass is 35.5. The molecule has 1 atom stereocenters. The Kier molecular flexibility index (Phi) is 10.8. The van der Waals surface area contributed by atoms with Gasteiger partial charge in [0.05, 0.1) is 0 Å².